The van der Waals surface area contributed by atoms with E-state index in [1.165, 1.54) is 0 Å². The van der Waals surface area contributed by atoms with Gasteiger partial charge in [-0.15, -0.1) is 0 Å². The van der Waals surface area contributed by atoms with Crippen molar-refractivity contribution >= 4 is 23.2 Å². The molecule has 1 aromatic carbocycles. The molecular formula is C11H13N3O6. The summed E-state index contributed by atoms with van der Waals surface area (Å²) in [5.74, 6) is 0. The van der Waals surface area contributed by atoms with Gasteiger partial charge in [0.2, 0.25) is 0 Å². The summed E-state index contributed by atoms with van der Waals surface area (Å²) < 4.78 is 0. The number of nitrogens with one attached hydrogen (secondary N) is 1. The van der Waals surface area contributed by atoms with Crippen molar-refractivity contribution in [3.05, 3.63) is 37.9 Å². The zero-order valence-corrected chi connectivity index (χ0v) is 10.7. The smallest absolute Gasteiger partial charge is 0.409 e. The maximum Gasteiger partial charge on any atom is 0.409 e. The van der Waals surface area contributed by atoms with Crippen LogP contribution in [0, 0.1) is 20.2 Å². The molecule has 9 nitrogen and oxygen atoms in total. The number of nitrogens with zero attached hydrogens (tertiary/aromatic N) is 2. The molecular weight excluding hydrogens is 270 g/mol. The molecule has 0 saturated heterocycles. The second-order valence-electron chi connectivity index (χ2n) is 4.04. The fourth-order valence-electron chi connectivity index (χ4n) is 1.75. The highest BCUT2D eigenvalue weighted by atomic mass is 16.6. The Balaban J connectivity index is 3.43. The third-order valence-corrected chi connectivity index (χ3v) is 2.64. The Bertz CT molecular complexity index is 557. The van der Waals surface area contributed by atoms with Gasteiger partial charge in [-0.25, -0.2) is 4.79 Å². The molecule has 0 aliphatic heterocycles. The number of unbranched alkanes of at least 4 members (excludes halogenated alkanes) is 1. The summed E-state index contributed by atoms with van der Waals surface area (Å²) in [5, 5.41) is 32.5. The van der Waals surface area contributed by atoms with Crippen molar-refractivity contribution in [3.8, 4) is 0 Å². The number of benzene rings is 1. The molecule has 0 radical (unpaired) electrons. The van der Waals surface area contributed by atoms with Crippen LogP contribution in [0.2, 0.25) is 0 Å². The van der Waals surface area contributed by atoms with Crippen LogP contribution in [0.4, 0.5) is 21.9 Å². The van der Waals surface area contributed by atoms with Crippen molar-refractivity contribution in [2.75, 3.05) is 5.32 Å². The van der Waals surface area contributed by atoms with Crippen molar-refractivity contribution in [1.29, 1.82) is 0 Å². The molecule has 0 spiro atoms. The van der Waals surface area contributed by atoms with E-state index in [9.17, 15) is 25.0 Å². The number of non-ortho nitro benzene ring substituents is 1. The van der Waals surface area contributed by atoms with E-state index in [0.29, 0.717) is 6.42 Å². The molecule has 20 heavy (non-hydrogen) atoms. The van der Waals surface area contributed by atoms with Gasteiger partial charge in [0.15, 0.2) is 0 Å². The topological polar surface area (TPSA) is 136 Å². The summed E-state index contributed by atoms with van der Waals surface area (Å²) >= 11 is 0. The molecule has 0 aliphatic carbocycles. The van der Waals surface area contributed by atoms with Crippen molar-refractivity contribution in [1.82, 2.24) is 0 Å². The molecule has 1 aromatic rings. The number of hydrogen-bond acceptors (Lipinski definition) is 5. The molecule has 0 heterocycles. The lowest BCUT2D eigenvalue weighted by Crippen LogP contribution is -2.11. The van der Waals surface area contributed by atoms with E-state index in [1.54, 1.807) is 0 Å². The quantitative estimate of drug-likeness (QED) is 0.608. The fraction of sp³-hybridized carbons (Fsp3) is 0.364. The summed E-state index contributed by atoms with van der Waals surface area (Å²) in [6.45, 7) is 1.88. The minimum Gasteiger partial charge on any atom is -0.465 e. The van der Waals surface area contributed by atoms with Crippen LogP contribution in [-0.4, -0.2) is 21.0 Å². The monoisotopic (exact) mass is 283 g/mol. The SMILES string of the molecule is CCCCc1c(NC(=O)O)cc([N+](=O)[O-])cc1[N+](=O)[O-]. The Labute approximate surface area is 113 Å². The lowest BCUT2D eigenvalue weighted by Gasteiger charge is -2.09. The number of carboxylic acid groups (broad SMARTS) is 1. The van der Waals surface area contributed by atoms with Crippen LogP contribution < -0.4 is 5.32 Å². The Morgan fingerprint density at radius 2 is 1.95 bits per heavy atom. The standard InChI is InChI=1S/C11H13N3O6/c1-2-3-4-8-9(12-11(15)16)5-7(13(17)18)6-10(8)14(19)20/h5-6,12H,2-4H2,1H3,(H,15,16). The van der Waals surface area contributed by atoms with Crippen molar-refractivity contribution in [2.24, 2.45) is 0 Å². The minimum atomic E-state index is -1.43. The van der Waals surface area contributed by atoms with Gasteiger partial charge in [0.1, 0.15) is 0 Å². The van der Waals surface area contributed by atoms with E-state index >= 15 is 0 Å². The molecule has 0 atom stereocenters. The lowest BCUT2D eigenvalue weighted by atomic mass is 10.0. The van der Waals surface area contributed by atoms with Crippen LogP contribution >= 0.6 is 0 Å². The first-order chi connectivity index (χ1) is 9.36. The predicted octanol–water partition coefficient (Wildman–Crippen LogP) is 2.94. The summed E-state index contributed by atoms with van der Waals surface area (Å²) in [4.78, 5) is 30.9. The Kier molecular flexibility index (Phi) is 4.95. The van der Waals surface area contributed by atoms with Gasteiger partial charge >= 0.3 is 6.09 Å². The predicted molar refractivity (Wildman–Crippen MR) is 70.0 cm³/mol. The van der Waals surface area contributed by atoms with Gasteiger partial charge in [-0.1, -0.05) is 13.3 Å². The number of anilines is 1. The summed E-state index contributed by atoms with van der Waals surface area (Å²) in [5.41, 5.74) is -0.936. The third-order valence-electron chi connectivity index (χ3n) is 2.64. The third kappa shape index (κ3) is 3.64. The highest BCUT2D eigenvalue weighted by Gasteiger charge is 2.24. The molecule has 9 heteroatoms. The van der Waals surface area contributed by atoms with Crippen LogP contribution in [-0.2, 0) is 6.42 Å². The zero-order chi connectivity index (χ0) is 15.3. The first kappa shape index (κ1) is 15.3. The Morgan fingerprint density at radius 3 is 2.40 bits per heavy atom. The number of nitro groups is 2. The van der Waals surface area contributed by atoms with Crippen LogP contribution in [0.25, 0.3) is 0 Å². The number of rotatable bonds is 6. The van der Waals surface area contributed by atoms with E-state index in [1.807, 2.05) is 12.2 Å². The Morgan fingerprint density at radius 1 is 1.30 bits per heavy atom. The van der Waals surface area contributed by atoms with Gasteiger partial charge in [-0.2, -0.15) is 0 Å². The number of carbonyl (C=O) groups is 1. The molecule has 0 fully saturated rings. The molecule has 0 unspecified atom stereocenters. The normalized spacial score (nSPS) is 10.1. The van der Waals surface area contributed by atoms with Gasteiger partial charge in [-0.05, 0) is 12.8 Å². The van der Waals surface area contributed by atoms with E-state index in [-0.39, 0.29) is 17.7 Å². The molecule has 2 N–H and O–H groups in total. The second-order valence-corrected chi connectivity index (χ2v) is 4.04. The van der Waals surface area contributed by atoms with Crippen molar-refractivity contribution < 1.29 is 19.7 Å². The lowest BCUT2D eigenvalue weighted by molar-refractivity contribution is -0.394. The first-order valence-corrected chi connectivity index (χ1v) is 5.82. The molecule has 0 saturated carbocycles. The van der Waals surface area contributed by atoms with Crippen LogP contribution in [0.1, 0.15) is 25.3 Å². The van der Waals surface area contributed by atoms with Crippen LogP contribution in [0.15, 0.2) is 12.1 Å². The average molecular weight is 283 g/mol. The zero-order valence-electron chi connectivity index (χ0n) is 10.7. The molecule has 1 amide bonds. The minimum absolute atomic E-state index is 0.119. The second kappa shape index (κ2) is 6.45. The molecule has 1 rings (SSSR count). The number of hydrogen-bond donors (Lipinski definition) is 2. The molecule has 0 aromatic heterocycles. The number of amides is 1. The summed E-state index contributed by atoms with van der Waals surface area (Å²) in [7, 11) is 0. The highest BCUT2D eigenvalue weighted by molar-refractivity contribution is 5.86. The van der Waals surface area contributed by atoms with Crippen molar-refractivity contribution in [2.45, 2.75) is 26.2 Å². The van der Waals surface area contributed by atoms with E-state index < -0.39 is 27.3 Å². The van der Waals surface area contributed by atoms with Gasteiger partial charge in [-0.3, -0.25) is 25.5 Å². The Hall–Kier alpha value is -2.71. The highest BCUT2D eigenvalue weighted by Crippen LogP contribution is 2.33. The summed E-state index contributed by atoms with van der Waals surface area (Å²) in [6, 6.07) is 1.84. The van der Waals surface area contributed by atoms with Gasteiger partial charge < -0.3 is 5.11 Å². The van der Waals surface area contributed by atoms with Gasteiger partial charge in [0.25, 0.3) is 11.4 Å². The van der Waals surface area contributed by atoms with E-state index in [2.05, 4.69) is 0 Å². The van der Waals surface area contributed by atoms with Crippen LogP contribution in [0.5, 0.6) is 0 Å². The molecule has 108 valence electrons. The largest absolute Gasteiger partial charge is 0.465 e. The van der Waals surface area contributed by atoms with E-state index in [0.717, 1.165) is 18.6 Å². The molecule has 0 aliphatic rings. The van der Waals surface area contributed by atoms with Crippen molar-refractivity contribution in [3.63, 3.8) is 0 Å². The molecule has 0 bridgehead atoms. The fourth-order valence-corrected chi connectivity index (χ4v) is 1.75. The first-order valence-electron chi connectivity index (χ1n) is 5.82. The number of nitro benzene ring substituents is 2. The maximum absolute atomic E-state index is 11.0. The maximum atomic E-state index is 11.0. The average Bonchev–Trinajstić information content (AvgIpc) is 2.35. The van der Waals surface area contributed by atoms with E-state index in [4.69, 9.17) is 5.11 Å². The van der Waals surface area contributed by atoms with Gasteiger partial charge in [0, 0.05) is 6.07 Å². The summed E-state index contributed by atoms with van der Waals surface area (Å²) in [6.07, 6.45) is 0.186. The van der Waals surface area contributed by atoms with Crippen LogP contribution in [0.3, 0.4) is 0 Å². The van der Waals surface area contributed by atoms with Gasteiger partial charge in [0.05, 0.1) is 27.2 Å².